The Labute approximate surface area is 368 Å². The lowest BCUT2D eigenvalue weighted by molar-refractivity contribution is 1.17. The summed E-state index contributed by atoms with van der Waals surface area (Å²) in [4.78, 5) is 0. The smallest absolute Gasteiger partial charge is 0.181 e. The SMILES string of the molecule is c1ccc(-c2ccc(-n3c4ccccc4c4c(-c5ccccc5)c(-n5c6ccccc6c6cccc([Si](c7ccccc7)(c7ccccc7)c7ccccc7)c65)ccc43)cc2)cc1. The summed E-state index contributed by atoms with van der Waals surface area (Å²) in [7, 11) is -2.98. The quantitative estimate of drug-likeness (QED) is 0.107. The molecule has 3 heteroatoms. The Kier molecular flexibility index (Phi) is 8.87. The molecule has 0 saturated carbocycles. The van der Waals surface area contributed by atoms with Crippen molar-refractivity contribution < 1.29 is 0 Å². The van der Waals surface area contributed by atoms with E-state index in [1.807, 2.05) is 0 Å². The Morgan fingerprint density at radius 3 is 1.33 bits per heavy atom. The van der Waals surface area contributed by atoms with E-state index in [-0.39, 0.29) is 0 Å². The second-order valence-electron chi connectivity index (χ2n) is 16.4. The molecular weight excluding hydrogens is 777 g/mol. The van der Waals surface area contributed by atoms with E-state index in [1.54, 1.807) is 0 Å². The summed E-state index contributed by atoms with van der Waals surface area (Å²) < 4.78 is 5.06. The molecule has 0 unspecified atom stereocenters. The van der Waals surface area contributed by atoms with Crippen molar-refractivity contribution in [3.05, 3.63) is 255 Å². The van der Waals surface area contributed by atoms with Crippen LogP contribution in [0.5, 0.6) is 0 Å². The third-order valence-corrected chi connectivity index (χ3v) is 17.9. The van der Waals surface area contributed by atoms with Gasteiger partial charge in [-0.05, 0) is 73.8 Å². The summed E-state index contributed by atoms with van der Waals surface area (Å²) in [6, 6.07) is 94.3. The van der Waals surface area contributed by atoms with Gasteiger partial charge in [-0.15, -0.1) is 0 Å². The molecule has 0 aliphatic heterocycles. The number of rotatable bonds is 8. The Balaban J connectivity index is 1.23. The number of aromatic nitrogens is 2. The molecule has 0 bridgehead atoms. The lowest BCUT2D eigenvalue weighted by Gasteiger charge is -2.35. The van der Waals surface area contributed by atoms with Gasteiger partial charge in [-0.25, -0.2) is 0 Å². The molecule has 10 aromatic carbocycles. The third-order valence-electron chi connectivity index (χ3n) is 13.1. The Morgan fingerprint density at radius 1 is 0.286 bits per heavy atom. The van der Waals surface area contributed by atoms with Gasteiger partial charge in [0.1, 0.15) is 0 Å². The average Bonchev–Trinajstić information content (AvgIpc) is 3.89. The summed E-state index contributed by atoms with van der Waals surface area (Å²) >= 11 is 0. The highest BCUT2D eigenvalue weighted by Crippen LogP contribution is 2.44. The minimum absolute atomic E-state index is 1.14. The maximum atomic E-state index is 2.61. The lowest BCUT2D eigenvalue weighted by atomic mass is 9.97. The van der Waals surface area contributed by atoms with E-state index in [1.165, 1.54) is 86.6 Å². The van der Waals surface area contributed by atoms with Crippen LogP contribution < -0.4 is 20.7 Å². The fourth-order valence-electron chi connectivity index (χ4n) is 10.4. The molecule has 0 spiro atoms. The molecule has 0 aliphatic rings. The Bertz CT molecular complexity index is 3480. The van der Waals surface area contributed by atoms with Crippen LogP contribution in [0.2, 0.25) is 0 Å². The molecule has 12 aromatic rings. The van der Waals surface area contributed by atoms with Crippen LogP contribution >= 0.6 is 0 Å². The van der Waals surface area contributed by atoms with E-state index in [0.717, 1.165) is 11.4 Å². The first-order valence-corrected chi connectivity index (χ1v) is 23.8. The summed E-state index contributed by atoms with van der Waals surface area (Å²) in [6.45, 7) is 0. The zero-order valence-electron chi connectivity index (χ0n) is 34.6. The number of hydrogen-bond donors (Lipinski definition) is 0. The van der Waals surface area contributed by atoms with Crippen molar-refractivity contribution in [2.75, 3.05) is 0 Å². The summed E-state index contributed by atoms with van der Waals surface area (Å²) in [5.74, 6) is 0. The van der Waals surface area contributed by atoms with E-state index >= 15 is 0 Å². The fraction of sp³-hybridized carbons (Fsp3) is 0. The third kappa shape index (κ3) is 5.78. The van der Waals surface area contributed by atoms with Gasteiger partial charge in [0, 0.05) is 32.8 Å². The van der Waals surface area contributed by atoms with Crippen LogP contribution in [0.4, 0.5) is 0 Å². The molecule has 0 saturated heterocycles. The normalized spacial score (nSPS) is 11.8. The molecule has 0 fully saturated rings. The first kappa shape index (κ1) is 36.8. The molecule has 296 valence electrons. The van der Waals surface area contributed by atoms with Crippen molar-refractivity contribution in [3.8, 4) is 33.6 Å². The largest absolute Gasteiger partial charge is 0.309 e. The molecule has 0 amide bonds. The summed E-state index contributed by atoms with van der Waals surface area (Å²) in [6.07, 6.45) is 0. The molecule has 0 atom stereocenters. The van der Waals surface area contributed by atoms with Gasteiger partial charge in [0.25, 0.3) is 0 Å². The van der Waals surface area contributed by atoms with E-state index in [2.05, 4.69) is 264 Å². The Morgan fingerprint density at radius 2 is 0.746 bits per heavy atom. The zero-order chi connectivity index (χ0) is 41.7. The standard InChI is InChI=1S/C60H42N2Si/c1-6-21-43(22-7-1)44-37-39-46(40-38-44)61-54-35-19-17-32-52(54)59-56(61)42-41-55(58(59)45-23-8-2-9-24-45)62-53-34-18-16-31-50(53)51-33-20-36-57(60(51)62)63(47-25-10-3-11-26-47,48-27-12-4-13-28-48)49-29-14-5-15-30-49/h1-42H. The van der Waals surface area contributed by atoms with Crippen LogP contribution in [-0.4, -0.2) is 17.2 Å². The average molecular weight is 819 g/mol. The first-order chi connectivity index (χ1) is 31.3. The zero-order valence-corrected chi connectivity index (χ0v) is 35.6. The second kappa shape index (κ2) is 15.2. The van der Waals surface area contributed by atoms with Crippen LogP contribution in [0.25, 0.3) is 77.2 Å². The molecule has 2 aromatic heterocycles. The molecular formula is C60H42N2Si. The van der Waals surface area contributed by atoms with Crippen molar-refractivity contribution in [1.29, 1.82) is 0 Å². The summed E-state index contributed by atoms with van der Waals surface area (Å²) in [5.41, 5.74) is 11.9. The van der Waals surface area contributed by atoms with Gasteiger partial charge in [0.05, 0.1) is 27.8 Å². The fourth-order valence-corrected chi connectivity index (χ4v) is 15.4. The predicted molar refractivity (Wildman–Crippen MR) is 270 cm³/mol. The second-order valence-corrected chi connectivity index (χ2v) is 20.2. The molecule has 2 nitrogen and oxygen atoms in total. The van der Waals surface area contributed by atoms with Gasteiger partial charge in [-0.1, -0.05) is 218 Å². The maximum absolute atomic E-state index is 2.98. The topological polar surface area (TPSA) is 9.86 Å². The van der Waals surface area contributed by atoms with Crippen LogP contribution in [0.1, 0.15) is 0 Å². The van der Waals surface area contributed by atoms with Crippen LogP contribution in [0.15, 0.2) is 255 Å². The van der Waals surface area contributed by atoms with Crippen molar-refractivity contribution in [1.82, 2.24) is 9.13 Å². The van der Waals surface area contributed by atoms with Crippen LogP contribution in [-0.2, 0) is 0 Å². The number of nitrogens with zero attached hydrogens (tertiary/aromatic N) is 2. The molecule has 2 heterocycles. The van der Waals surface area contributed by atoms with Crippen molar-refractivity contribution in [2.45, 2.75) is 0 Å². The number of para-hydroxylation sites is 3. The monoisotopic (exact) mass is 818 g/mol. The van der Waals surface area contributed by atoms with Crippen LogP contribution in [0.3, 0.4) is 0 Å². The first-order valence-electron chi connectivity index (χ1n) is 21.8. The van der Waals surface area contributed by atoms with Gasteiger partial charge < -0.3 is 9.13 Å². The van der Waals surface area contributed by atoms with Gasteiger partial charge in [0.15, 0.2) is 8.07 Å². The highest BCUT2D eigenvalue weighted by Gasteiger charge is 2.43. The molecule has 63 heavy (non-hydrogen) atoms. The summed E-state index contributed by atoms with van der Waals surface area (Å²) in [5, 5.41) is 10.4. The van der Waals surface area contributed by atoms with Crippen molar-refractivity contribution in [3.63, 3.8) is 0 Å². The lowest BCUT2D eigenvalue weighted by Crippen LogP contribution is -2.75. The number of benzene rings is 10. The highest BCUT2D eigenvalue weighted by molar-refractivity contribution is 7.20. The van der Waals surface area contributed by atoms with Crippen molar-refractivity contribution in [2.24, 2.45) is 0 Å². The molecule has 12 rings (SSSR count). The maximum Gasteiger partial charge on any atom is 0.181 e. The molecule has 0 radical (unpaired) electrons. The highest BCUT2D eigenvalue weighted by atomic mass is 28.3. The predicted octanol–water partition coefficient (Wildman–Crippen LogP) is 12.6. The number of hydrogen-bond acceptors (Lipinski definition) is 0. The van der Waals surface area contributed by atoms with Crippen molar-refractivity contribution >= 4 is 72.4 Å². The van der Waals surface area contributed by atoms with E-state index < -0.39 is 8.07 Å². The van der Waals surface area contributed by atoms with E-state index in [4.69, 9.17) is 0 Å². The van der Waals surface area contributed by atoms with Gasteiger partial charge >= 0.3 is 0 Å². The van der Waals surface area contributed by atoms with E-state index in [0.29, 0.717) is 0 Å². The van der Waals surface area contributed by atoms with Gasteiger partial charge in [-0.3, -0.25) is 0 Å². The number of fused-ring (bicyclic) bond motifs is 6. The Hall–Kier alpha value is -7.98. The molecule has 0 aliphatic carbocycles. The minimum Gasteiger partial charge on any atom is -0.309 e. The van der Waals surface area contributed by atoms with Gasteiger partial charge in [-0.2, -0.15) is 0 Å². The molecule has 0 N–H and O–H groups in total. The van der Waals surface area contributed by atoms with E-state index in [9.17, 15) is 0 Å². The van der Waals surface area contributed by atoms with Gasteiger partial charge in [0.2, 0.25) is 0 Å². The van der Waals surface area contributed by atoms with Crippen LogP contribution in [0, 0.1) is 0 Å². The minimum atomic E-state index is -2.98.